The number of hydrogen-bond acceptors (Lipinski definition) is 5. The maximum absolute atomic E-state index is 12.4. The van der Waals surface area contributed by atoms with Crippen molar-refractivity contribution >= 4 is 0 Å². The van der Waals surface area contributed by atoms with Crippen LogP contribution < -0.4 is 5.63 Å². The van der Waals surface area contributed by atoms with Crippen molar-refractivity contribution in [1.29, 1.82) is 0 Å². The first-order chi connectivity index (χ1) is 15.7. The Labute approximate surface area is 197 Å². The van der Waals surface area contributed by atoms with Gasteiger partial charge in [0.2, 0.25) is 0 Å². The lowest BCUT2D eigenvalue weighted by atomic mass is 9.43. The van der Waals surface area contributed by atoms with Crippen molar-refractivity contribution in [2.24, 2.45) is 28.6 Å². The molecule has 0 amide bonds. The molecular formula is C28H41NO4. The van der Waals surface area contributed by atoms with Crippen molar-refractivity contribution in [3.8, 4) is 0 Å². The van der Waals surface area contributed by atoms with Crippen LogP contribution in [0.2, 0.25) is 0 Å². The van der Waals surface area contributed by atoms with Gasteiger partial charge in [0.1, 0.15) is 0 Å². The van der Waals surface area contributed by atoms with Crippen LogP contribution in [-0.4, -0.2) is 45.9 Å². The molecule has 6 rings (SSSR count). The summed E-state index contributed by atoms with van der Waals surface area (Å²) >= 11 is 0. The zero-order valence-electron chi connectivity index (χ0n) is 20.3. The fraction of sp³-hybridized carbons (Fsp3) is 0.821. The molecule has 5 nitrogen and oxygen atoms in total. The summed E-state index contributed by atoms with van der Waals surface area (Å²) in [7, 11) is 0. The Morgan fingerprint density at radius 1 is 1.00 bits per heavy atom. The maximum atomic E-state index is 12.4. The monoisotopic (exact) mass is 455 g/mol. The van der Waals surface area contributed by atoms with Crippen molar-refractivity contribution in [3.63, 3.8) is 0 Å². The van der Waals surface area contributed by atoms with Gasteiger partial charge in [-0.05, 0) is 105 Å². The molecule has 1 aromatic heterocycles. The van der Waals surface area contributed by atoms with E-state index in [0.29, 0.717) is 23.3 Å². The van der Waals surface area contributed by atoms with Gasteiger partial charge >= 0.3 is 5.63 Å². The van der Waals surface area contributed by atoms with Gasteiger partial charge < -0.3 is 14.6 Å². The molecule has 5 aliphatic rings. The quantitative estimate of drug-likeness (QED) is 0.695. The molecule has 1 unspecified atom stereocenters. The van der Waals surface area contributed by atoms with E-state index in [1.165, 1.54) is 38.2 Å². The van der Waals surface area contributed by atoms with Crippen LogP contribution in [0.5, 0.6) is 0 Å². The Hall–Kier alpha value is -1.17. The van der Waals surface area contributed by atoms with Crippen molar-refractivity contribution in [2.75, 3.05) is 13.1 Å². The third-order valence-corrected chi connectivity index (χ3v) is 11.7. The van der Waals surface area contributed by atoms with E-state index in [1.807, 2.05) is 6.07 Å². The Kier molecular flexibility index (Phi) is 5.18. The lowest BCUT2D eigenvalue weighted by Gasteiger charge is -2.64. The van der Waals surface area contributed by atoms with E-state index in [2.05, 4.69) is 18.7 Å². The standard InChI is InChI=1S/C28H41NO4/c1-26-11-7-20(29-14-10-21(30)16-29)15-19(26)4-5-24-23(26)8-12-27(2)22(9-13-28(24,27)32)18-3-6-25(31)33-17-18/h3,6,17,19-24,30,32H,4-5,7-16H2,1-2H3/t19-,20+,21?,22-,23+,24-,26+,27-,28+/m1/s1. The van der Waals surface area contributed by atoms with E-state index in [9.17, 15) is 15.0 Å². The number of β-amino-alcohol motifs (C(OH)–C–C–N with tert-alkyl or cyclic N) is 1. The predicted octanol–water partition coefficient (Wildman–Crippen LogP) is 4.32. The molecule has 2 N–H and O–H groups in total. The van der Waals surface area contributed by atoms with Crippen LogP contribution in [-0.2, 0) is 0 Å². The van der Waals surface area contributed by atoms with Gasteiger partial charge in [0.15, 0.2) is 0 Å². The van der Waals surface area contributed by atoms with E-state index in [0.717, 1.165) is 56.7 Å². The summed E-state index contributed by atoms with van der Waals surface area (Å²) in [6.07, 6.45) is 12.7. The third kappa shape index (κ3) is 3.18. The number of aliphatic hydroxyl groups is 2. The van der Waals surface area contributed by atoms with Crippen LogP contribution in [0.4, 0.5) is 0 Å². The summed E-state index contributed by atoms with van der Waals surface area (Å²) < 4.78 is 5.22. The number of likely N-dealkylation sites (tertiary alicyclic amines) is 1. The van der Waals surface area contributed by atoms with Crippen molar-refractivity contribution in [2.45, 2.75) is 102 Å². The number of fused-ring (bicyclic) bond motifs is 5. The molecule has 0 bridgehead atoms. The summed E-state index contributed by atoms with van der Waals surface area (Å²) in [5, 5.41) is 22.4. The molecule has 2 heterocycles. The van der Waals surface area contributed by atoms with Gasteiger partial charge in [-0.15, -0.1) is 0 Å². The van der Waals surface area contributed by atoms with Gasteiger partial charge in [0, 0.05) is 30.6 Å². The summed E-state index contributed by atoms with van der Waals surface area (Å²) in [5.41, 5.74) is 0.332. The minimum Gasteiger partial charge on any atom is -0.431 e. The van der Waals surface area contributed by atoms with Crippen LogP contribution in [0.15, 0.2) is 27.6 Å². The van der Waals surface area contributed by atoms with Gasteiger partial charge in [-0.2, -0.15) is 0 Å². The minimum atomic E-state index is -0.624. The molecule has 5 fully saturated rings. The van der Waals surface area contributed by atoms with Crippen LogP contribution in [0.25, 0.3) is 0 Å². The minimum absolute atomic E-state index is 0.132. The van der Waals surface area contributed by atoms with Crippen molar-refractivity contribution in [1.82, 2.24) is 4.90 Å². The van der Waals surface area contributed by atoms with Crippen LogP contribution in [0.3, 0.4) is 0 Å². The summed E-state index contributed by atoms with van der Waals surface area (Å²) in [5.74, 6) is 1.98. The molecule has 4 saturated carbocycles. The second kappa shape index (κ2) is 7.66. The fourth-order valence-electron chi connectivity index (χ4n) is 9.74. The van der Waals surface area contributed by atoms with Crippen molar-refractivity contribution < 1.29 is 14.6 Å². The number of nitrogens with zero attached hydrogens (tertiary/aromatic N) is 1. The molecular weight excluding hydrogens is 414 g/mol. The normalized spacial score (nSPS) is 49.9. The molecule has 9 atom stereocenters. The van der Waals surface area contributed by atoms with Gasteiger partial charge in [-0.25, -0.2) is 4.79 Å². The highest BCUT2D eigenvalue weighted by Gasteiger charge is 2.67. The van der Waals surface area contributed by atoms with Gasteiger partial charge in [0.25, 0.3) is 0 Å². The molecule has 0 spiro atoms. The van der Waals surface area contributed by atoms with Crippen LogP contribution in [0, 0.1) is 28.6 Å². The number of rotatable bonds is 2. The van der Waals surface area contributed by atoms with E-state index < -0.39 is 5.60 Å². The Morgan fingerprint density at radius 3 is 2.58 bits per heavy atom. The highest BCUT2D eigenvalue weighted by molar-refractivity contribution is 5.27. The van der Waals surface area contributed by atoms with Crippen molar-refractivity contribution in [3.05, 3.63) is 34.4 Å². The molecule has 4 aliphatic carbocycles. The topological polar surface area (TPSA) is 73.9 Å². The summed E-state index contributed by atoms with van der Waals surface area (Å²) in [6, 6.07) is 4.09. The van der Waals surface area contributed by atoms with Gasteiger partial charge in [-0.3, -0.25) is 4.90 Å². The van der Waals surface area contributed by atoms with Crippen LogP contribution in [0.1, 0.15) is 89.5 Å². The largest absolute Gasteiger partial charge is 0.431 e. The summed E-state index contributed by atoms with van der Waals surface area (Å²) in [6.45, 7) is 6.78. The molecule has 1 saturated heterocycles. The Morgan fingerprint density at radius 2 is 1.85 bits per heavy atom. The zero-order valence-corrected chi connectivity index (χ0v) is 20.3. The number of hydrogen-bond donors (Lipinski definition) is 2. The van der Waals surface area contributed by atoms with Crippen LogP contribution >= 0.6 is 0 Å². The molecule has 182 valence electrons. The lowest BCUT2D eigenvalue weighted by molar-refractivity contribution is -0.203. The molecule has 0 aromatic carbocycles. The zero-order chi connectivity index (χ0) is 23.0. The second-order valence-corrected chi connectivity index (χ2v) is 12.7. The molecule has 33 heavy (non-hydrogen) atoms. The van der Waals surface area contributed by atoms with E-state index in [1.54, 1.807) is 6.26 Å². The van der Waals surface area contributed by atoms with Gasteiger partial charge in [-0.1, -0.05) is 13.8 Å². The van der Waals surface area contributed by atoms with E-state index >= 15 is 0 Å². The first kappa shape index (κ1) is 22.3. The average molecular weight is 456 g/mol. The smallest absolute Gasteiger partial charge is 0.335 e. The molecule has 1 aliphatic heterocycles. The maximum Gasteiger partial charge on any atom is 0.335 e. The first-order valence-corrected chi connectivity index (χ1v) is 13.5. The van der Waals surface area contributed by atoms with E-state index in [-0.39, 0.29) is 23.1 Å². The third-order valence-electron chi connectivity index (χ3n) is 11.7. The molecule has 5 heteroatoms. The van der Waals surface area contributed by atoms with Gasteiger partial charge in [0.05, 0.1) is 18.0 Å². The fourth-order valence-corrected chi connectivity index (χ4v) is 9.74. The second-order valence-electron chi connectivity index (χ2n) is 12.7. The highest BCUT2D eigenvalue weighted by atomic mass is 16.4. The summed E-state index contributed by atoms with van der Waals surface area (Å²) in [4.78, 5) is 14.1. The molecule has 0 radical (unpaired) electrons. The lowest BCUT2D eigenvalue weighted by Crippen LogP contribution is -2.62. The number of aliphatic hydroxyl groups excluding tert-OH is 1. The Balaban J connectivity index is 1.24. The van der Waals surface area contributed by atoms with E-state index in [4.69, 9.17) is 4.42 Å². The SMILES string of the molecule is C[C@]12CC[C@H](N3CCC(O)C3)C[C@H]1CC[C@@H]1[C@@H]2CC[C@]2(C)[C@@H](c3ccc(=O)oc3)CC[C@]12O. The first-order valence-electron chi connectivity index (χ1n) is 13.5. The average Bonchev–Trinajstić information content (AvgIpc) is 3.35. The predicted molar refractivity (Wildman–Crippen MR) is 127 cm³/mol. The Bertz CT molecular complexity index is 941. The molecule has 1 aromatic rings. The highest BCUT2D eigenvalue weighted by Crippen LogP contribution is 2.70.